The Bertz CT molecular complexity index is 568. The molecule has 0 aliphatic carbocycles. The molecular weight excluding hydrogens is 216 g/mol. The molecule has 4 heteroatoms. The molecule has 1 aromatic carbocycles. The summed E-state index contributed by atoms with van der Waals surface area (Å²) in [5, 5.41) is 1.03. The van der Waals surface area contributed by atoms with E-state index in [4.69, 9.17) is 10.5 Å². The van der Waals surface area contributed by atoms with E-state index >= 15 is 0 Å². The third kappa shape index (κ3) is 1.70. The van der Waals surface area contributed by atoms with Crippen LogP contribution in [0.4, 0.5) is 0 Å². The molecule has 1 fully saturated rings. The van der Waals surface area contributed by atoms with Crippen LogP contribution < -0.4 is 5.73 Å². The van der Waals surface area contributed by atoms with Gasteiger partial charge in [-0.1, -0.05) is 12.1 Å². The molecule has 17 heavy (non-hydrogen) atoms. The van der Waals surface area contributed by atoms with E-state index < -0.39 is 5.91 Å². The van der Waals surface area contributed by atoms with Crippen LogP contribution in [0.1, 0.15) is 28.4 Å². The first kappa shape index (κ1) is 10.4. The van der Waals surface area contributed by atoms with Crippen LogP contribution in [0.25, 0.3) is 10.9 Å². The van der Waals surface area contributed by atoms with Crippen molar-refractivity contribution >= 4 is 16.8 Å². The number of aromatic nitrogens is 1. The predicted molar refractivity (Wildman–Crippen MR) is 65.0 cm³/mol. The van der Waals surface area contributed by atoms with E-state index in [9.17, 15) is 4.79 Å². The van der Waals surface area contributed by atoms with Crippen LogP contribution in [0, 0.1) is 0 Å². The first-order chi connectivity index (χ1) is 8.25. The molecule has 1 aromatic heterocycles. The number of aromatic amines is 1. The van der Waals surface area contributed by atoms with Crippen molar-refractivity contribution in [2.75, 3.05) is 13.2 Å². The maximum atomic E-state index is 11.3. The number of hydrogen-bond donors (Lipinski definition) is 2. The number of ether oxygens (including phenoxy) is 1. The molecule has 2 heterocycles. The third-order valence-electron chi connectivity index (χ3n) is 3.31. The van der Waals surface area contributed by atoms with Crippen LogP contribution in [0.5, 0.6) is 0 Å². The maximum Gasteiger partial charge on any atom is 0.250 e. The second-order valence-corrected chi connectivity index (χ2v) is 4.42. The molecule has 0 bridgehead atoms. The molecule has 0 spiro atoms. The highest BCUT2D eigenvalue weighted by molar-refractivity contribution is 6.05. The highest BCUT2D eigenvalue weighted by atomic mass is 16.5. The molecular formula is C13H14N2O2. The molecule has 0 saturated carbocycles. The van der Waals surface area contributed by atoms with E-state index in [-0.39, 0.29) is 0 Å². The van der Waals surface area contributed by atoms with Gasteiger partial charge in [-0.15, -0.1) is 0 Å². The van der Waals surface area contributed by atoms with Gasteiger partial charge in [0.25, 0.3) is 5.91 Å². The van der Waals surface area contributed by atoms with Gasteiger partial charge in [0.05, 0.1) is 17.7 Å². The van der Waals surface area contributed by atoms with Gasteiger partial charge in [0.1, 0.15) is 0 Å². The minimum atomic E-state index is -0.397. The summed E-state index contributed by atoms with van der Waals surface area (Å²) in [7, 11) is 0. The minimum absolute atomic E-state index is 0.397. The lowest BCUT2D eigenvalue weighted by Crippen LogP contribution is -2.11. The Morgan fingerprint density at radius 2 is 2.35 bits per heavy atom. The summed E-state index contributed by atoms with van der Waals surface area (Å²) in [6.07, 6.45) is 1.03. The lowest BCUT2D eigenvalue weighted by Gasteiger charge is -2.03. The Morgan fingerprint density at radius 3 is 3.06 bits per heavy atom. The van der Waals surface area contributed by atoms with Crippen molar-refractivity contribution < 1.29 is 9.53 Å². The number of hydrogen-bond acceptors (Lipinski definition) is 2. The summed E-state index contributed by atoms with van der Waals surface area (Å²) in [6, 6.07) is 7.67. The number of primary amides is 1. The van der Waals surface area contributed by atoms with Gasteiger partial charge in [-0.05, 0) is 18.6 Å². The average Bonchev–Trinajstić information content (AvgIpc) is 2.96. The fourth-order valence-corrected chi connectivity index (χ4v) is 2.38. The van der Waals surface area contributed by atoms with Crippen molar-refractivity contribution in [3.05, 3.63) is 35.5 Å². The number of benzene rings is 1. The zero-order valence-corrected chi connectivity index (χ0v) is 9.40. The highest BCUT2D eigenvalue weighted by Gasteiger charge is 2.20. The number of amides is 1. The lowest BCUT2D eigenvalue weighted by molar-refractivity contribution is 0.100. The van der Waals surface area contributed by atoms with E-state index in [2.05, 4.69) is 11.1 Å². The molecule has 4 nitrogen and oxygen atoms in total. The maximum absolute atomic E-state index is 11.3. The van der Waals surface area contributed by atoms with Gasteiger partial charge < -0.3 is 15.5 Å². The van der Waals surface area contributed by atoms with Gasteiger partial charge >= 0.3 is 0 Å². The highest BCUT2D eigenvalue weighted by Crippen LogP contribution is 2.28. The monoisotopic (exact) mass is 230 g/mol. The number of nitrogens with two attached hydrogens (primary N) is 1. The zero-order chi connectivity index (χ0) is 11.8. The largest absolute Gasteiger partial charge is 0.381 e. The van der Waals surface area contributed by atoms with Crippen molar-refractivity contribution in [2.24, 2.45) is 5.73 Å². The number of nitrogens with one attached hydrogen (secondary N) is 1. The van der Waals surface area contributed by atoms with Gasteiger partial charge in [0.15, 0.2) is 0 Å². The van der Waals surface area contributed by atoms with Crippen LogP contribution >= 0.6 is 0 Å². The number of para-hydroxylation sites is 1. The molecule has 2 aromatic rings. The smallest absolute Gasteiger partial charge is 0.250 e. The fourth-order valence-electron chi connectivity index (χ4n) is 2.38. The van der Waals surface area contributed by atoms with E-state index in [1.807, 2.05) is 12.1 Å². The second kappa shape index (κ2) is 3.89. The number of carbonyl (C=O) groups is 1. The van der Waals surface area contributed by atoms with Gasteiger partial charge in [0, 0.05) is 23.6 Å². The zero-order valence-electron chi connectivity index (χ0n) is 9.40. The van der Waals surface area contributed by atoms with Crippen molar-refractivity contribution in [3.8, 4) is 0 Å². The summed E-state index contributed by atoms with van der Waals surface area (Å²) in [5.41, 5.74) is 7.87. The van der Waals surface area contributed by atoms with E-state index in [0.29, 0.717) is 11.5 Å². The lowest BCUT2D eigenvalue weighted by atomic mass is 10.1. The quantitative estimate of drug-likeness (QED) is 0.825. The number of fused-ring (bicyclic) bond motifs is 1. The summed E-state index contributed by atoms with van der Waals surface area (Å²) in [4.78, 5) is 14.6. The summed E-state index contributed by atoms with van der Waals surface area (Å²) < 4.78 is 5.37. The van der Waals surface area contributed by atoms with Gasteiger partial charge in [-0.3, -0.25) is 4.79 Å². The van der Waals surface area contributed by atoms with Crippen LogP contribution in [0.15, 0.2) is 24.3 Å². The molecule has 0 radical (unpaired) electrons. The van der Waals surface area contributed by atoms with E-state index in [1.165, 1.54) is 0 Å². The fraction of sp³-hybridized carbons (Fsp3) is 0.308. The number of H-pyrrole nitrogens is 1. The summed E-state index contributed by atoms with van der Waals surface area (Å²) >= 11 is 0. The predicted octanol–water partition coefficient (Wildman–Crippen LogP) is 1.77. The van der Waals surface area contributed by atoms with E-state index in [1.54, 1.807) is 6.07 Å². The molecule has 1 aliphatic heterocycles. The normalized spacial score (nSPS) is 19.9. The van der Waals surface area contributed by atoms with Crippen molar-refractivity contribution in [1.82, 2.24) is 4.98 Å². The minimum Gasteiger partial charge on any atom is -0.381 e. The molecule has 1 aliphatic rings. The molecule has 3 N–H and O–H groups in total. The molecule has 88 valence electrons. The molecule has 3 rings (SSSR count). The molecule has 1 atom stereocenters. The first-order valence-electron chi connectivity index (χ1n) is 5.75. The van der Waals surface area contributed by atoms with Crippen LogP contribution in [-0.2, 0) is 4.74 Å². The van der Waals surface area contributed by atoms with Gasteiger partial charge in [0.2, 0.25) is 0 Å². The third-order valence-corrected chi connectivity index (χ3v) is 3.31. The molecule has 1 unspecified atom stereocenters. The number of rotatable bonds is 2. The van der Waals surface area contributed by atoms with Crippen LogP contribution in [0.3, 0.4) is 0 Å². The van der Waals surface area contributed by atoms with Gasteiger partial charge in [-0.2, -0.15) is 0 Å². The standard InChI is InChI=1S/C13H14N2O2/c14-13(16)10-3-1-2-8-6-11(15-12(8)10)9-4-5-17-7-9/h1-3,6,9,15H,4-5,7H2,(H2,14,16). The number of carbonyl (C=O) groups excluding carboxylic acids is 1. The molecule has 1 saturated heterocycles. The average molecular weight is 230 g/mol. The van der Waals surface area contributed by atoms with E-state index in [0.717, 1.165) is 36.2 Å². The molecule has 1 amide bonds. The SMILES string of the molecule is NC(=O)c1cccc2cc(C3CCOC3)[nH]c12. The van der Waals surface area contributed by atoms with Crippen molar-refractivity contribution in [1.29, 1.82) is 0 Å². The Balaban J connectivity index is 2.11. The Morgan fingerprint density at radius 1 is 1.47 bits per heavy atom. The van der Waals surface area contributed by atoms with Crippen LogP contribution in [-0.4, -0.2) is 24.1 Å². The van der Waals surface area contributed by atoms with Crippen LogP contribution in [0.2, 0.25) is 0 Å². The Hall–Kier alpha value is -1.81. The summed E-state index contributed by atoms with van der Waals surface area (Å²) in [6.45, 7) is 1.56. The Labute approximate surface area is 98.8 Å². The van der Waals surface area contributed by atoms with Gasteiger partial charge in [-0.25, -0.2) is 0 Å². The topological polar surface area (TPSA) is 68.1 Å². The van der Waals surface area contributed by atoms with Crippen molar-refractivity contribution in [2.45, 2.75) is 12.3 Å². The Kier molecular flexibility index (Phi) is 2.37. The second-order valence-electron chi connectivity index (χ2n) is 4.42. The summed E-state index contributed by atoms with van der Waals surface area (Å²) in [5.74, 6) is 0.00907. The first-order valence-corrected chi connectivity index (χ1v) is 5.75. The van der Waals surface area contributed by atoms with Crippen molar-refractivity contribution in [3.63, 3.8) is 0 Å².